The molecule has 0 amide bonds. The molecule has 0 aliphatic carbocycles. The molecule has 1 aromatic rings. The number of alkyl halides is 1. The Labute approximate surface area is 139 Å². The van der Waals surface area contributed by atoms with Crippen molar-refractivity contribution in [1.82, 2.24) is 0 Å². The Morgan fingerprint density at radius 3 is 2.00 bits per heavy atom. The Balaban J connectivity index is 0.00000289. The molecule has 0 spiro atoms. The summed E-state index contributed by atoms with van der Waals surface area (Å²) in [4.78, 5) is 1.41. The van der Waals surface area contributed by atoms with Crippen LogP contribution in [0.4, 0.5) is 0 Å². The van der Waals surface area contributed by atoms with Gasteiger partial charge in [0.2, 0.25) is 0 Å². The molecule has 0 aliphatic rings. The summed E-state index contributed by atoms with van der Waals surface area (Å²) in [6, 6.07) is 9.04. The van der Waals surface area contributed by atoms with Crippen LogP contribution < -0.4 is 17.0 Å². The number of halogens is 3. The second kappa shape index (κ2) is 7.67. The van der Waals surface area contributed by atoms with Crippen molar-refractivity contribution in [3.63, 3.8) is 0 Å². The lowest BCUT2D eigenvalue weighted by molar-refractivity contribution is -0.901. The fourth-order valence-corrected chi connectivity index (χ4v) is 4.11. The van der Waals surface area contributed by atoms with E-state index in [4.69, 9.17) is 0 Å². The van der Waals surface area contributed by atoms with E-state index in [0.717, 1.165) is 22.9 Å². The summed E-state index contributed by atoms with van der Waals surface area (Å²) in [7, 11) is 3.77. The zero-order chi connectivity index (χ0) is 13.1. The Morgan fingerprint density at radius 2 is 1.61 bits per heavy atom. The lowest BCUT2D eigenvalue weighted by Gasteiger charge is -2.29. The van der Waals surface area contributed by atoms with Gasteiger partial charge in [0.05, 0.1) is 26.0 Å². The Hall–Kier alpha value is 0.970. The van der Waals surface area contributed by atoms with Gasteiger partial charge in [0.1, 0.15) is 6.54 Å². The van der Waals surface area contributed by atoms with Gasteiger partial charge in [-0.2, -0.15) is 8.46 Å². The van der Waals surface area contributed by atoms with Crippen LogP contribution in [0.5, 0.6) is 0 Å². The first kappa shape index (κ1) is 19.0. The molecule has 0 fully saturated rings. The second-order valence-electron chi connectivity index (χ2n) is 5.35. The first-order chi connectivity index (χ1) is 7.74. The summed E-state index contributed by atoms with van der Waals surface area (Å²) in [5.41, 5.74) is 1.41. The van der Waals surface area contributed by atoms with E-state index >= 15 is 0 Å². The Bertz CT molecular complexity index is 357. The number of nitrogens with zero attached hydrogens (tertiary/aromatic N) is 1. The third-order valence-corrected chi connectivity index (χ3v) is 5.65. The highest BCUT2D eigenvalue weighted by molar-refractivity contribution is 9.58. The van der Waals surface area contributed by atoms with Crippen molar-refractivity contribution in [3.05, 3.63) is 29.8 Å². The summed E-state index contributed by atoms with van der Waals surface area (Å²) < 4.78 is 1.02. The van der Waals surface area contributed by atoms with E-state index in [9.17, 15) is 0 Å². The maximum Gasteiger partial charge on any atom is 0.104 e. The number of rotatable bonds is 5. The normalized spacial score (nSPS) is 13.0. The minimum absolute atomic E-state index is 0. The van der Waals surface area contributed by atoms with Gasteiger partial charge in [0.25, 0.3) is 0 Å². The van der Waals surface area contributed by atoms with Crippen LogP contribution in [0.25, 0.3) is 0 Å². The van der Waals surface area contributed by atoms with Gasteiger partial charge in [-0.3, -0.25) is 0 Å². The van der Waals surface area contributed by atoms with Gasteiger partial charge in [-0.25, -0.2) is 0 Å². The summed E-state index contributed by atoms with van der Waals surface area (Å²) in [5.74, 6) is 0. The highest BCUT2D eigenvalue weighted by Crippen LogP contribution is 2.55. The molecule has 106 valence electrons. The predicted molar refractivity (Wildman–Crippen MR) is 87.5 cm³/mol. The molecule has 1 rings (SSSR count). The van der Waals surface area contributed by atoms with Crippen LogP contribution >= 0.6 is 39.2 Å². The summed E-state index contributed by atoms with van der Waals surface area (Å²) in [5, 5.41) is 1.05. The first-order valence-electron chi connectivity index (χ1n) is 5.64. The van der Waals surface area contributed by atoms with Crippen LogP contribution in [0.3, 0.4) is 0 Å². The number of hydrogen-bond acceptors (Lipinski definition) is 0. The van der Waals surface area contributed by atoms with Crippen molar-refractivity contribution in [2.24, 2.45) is 0 Å². The zero-order valence-corrected chi connectivity index (χ0v) is 17.0. The van der Waals surface area contributed by atoms with Crippen LogP contribution in [0.1, 0.15) is 5.56 Å². The smallest absolute Gasteiger partial charge is 0.104 e. The maximum atomic E-state index is 3.77. The van der Waals surface area contributed by atoms with Crippen molar-refractivity contribution >= 4 is 39.2 Å². The molecule has 18 heavy (non-hydrogen) atoms. The summed E-state index contributed by atoms with van der Waals surface area (Å²) in [6.45, 7) is 2.24. The van der Waals surface area contributed by atoms with Gasteiger partial charge < -0.3 is 21.5 Å². The van der Waals surface area contributed by atoms with Gasteiger partial charge in [-0.1, -0.05) is 28.1 Å². The van der Waals surface area contributed by atoms with Crippen LogP contribution in [0.2, 0.25) is 0 Å². The average molecular weight is 464 g/mol. The molecule has 0 atom stereocenters. The van der Waals surface area contributed by atoms with E-state index in [1.54, 1.807) is 0 Å². The van der Waals surface area contributed by atoms with Crippen molar-refractivity contribution in [2.75, 3.05) is 38.5 Å². The molecular formula is C13H22Br3NS. The molecule has 1 aromatic carbocycles. The van der Waals surface area contributed by atoms with E-state index in [1.807, 2.05) is 0 Å². The van der Waals surface area contributed by atoms with E-state index < -0.39 is 8.46 Å². The van der Waals surface area contributed by atoms with E-state index in [1.165, 1.54) is 10.5 Å². The average Bonchev–Trinajstić information content (AvgIpc) is 2.16. The monoisotopic (exact) mass is 461 g/mol. The largest absolute Gasteiger partial charge is 1.00 e. The number of benzene rings is 1. The molecule has 0 saturated carbocycles. The summed E-state index contributed by atoms with van der Waals surface area (Å²) >= 11 is 7.29. The van der Waals surface area contributed by atoms with Crippen LogP contribution in [0, 0.1) is 0 Å². The molecule has 0 heterocycles. The molecule has 1 nitrogen and oxygen atoms in total. The minimum Gasteiger partial charge on any atom is -1.00 e. The third-order valence-electron chi connectivity index (χ3n) is 2.78. The van der Waals surface area contributed by atoms with Crippen LogP contribution in [-0.4, -0.2) is 43.0 Å². The molecule has 5 heteroatoms. The molecule has 0 radical (unpaired) electrons. The highest BCUT2D eigenvalue weighted by Gasteiger charge is 2.15. The quantitative estimate of drug-likeness (QED) is 0.457. The Kier molecular flexibility index (Phi) is 8.09. The van der Waals surface area contributed by atoms with Crippen molar-refractivity contribution in [3.8, 4) is 0 Å². The topological polar surface area (TPSA) is 0 Å². The first-order valence-corrected chi connectivity index (χ1v) is 11.1. The van der Waals surface area contributed by atoms with E-state index in [2.05, 4.69) is 81.6 Å². The SMILES string of the molecule is C[N+](C)(CCBr)Cc1ccc(S(C)(C)Br)cc1.[Br-]. The molecule has 0 aromatic heterocycles. The molecule has 0 unspecified atom stereocenters. The summed E-state index contributed by atoms with van der Waals surface area (Å²) in [6.07, 6.45) is 4.51. The van der Waals surface area contributed by atoms with Gasteiger partial charge in [-0.05, 0) is 44.4 Å². The van der Waals surface area contributed by atoms with Crippen molar-refractivity contribution in [2.45, 2.75) is 11.4 Å². The standard InChI is InChI=1S/C13H22Br2NS.BrH/c1-16(2,10-9-14)11-12-5-7-13(8-6-12)17(3,4)15;/h5-8H,9-11H2,1-4H3;1H/q+1;/p-1. The Morgan fingerprint density at radius 1 is 1.11 bits per heavy atom. The molecular weight excluding hydrogens is 442 g/mol. The van der Waals surface area contributed by atoms with Crippen molar-refractivity contribution in [1.29, 1.82) is 0 Å². The molecule has 0 saturated heterocycles. The van der Waals surface area contributed by atoms with Crippen molar-refractivity contribution < 1.29 is 21.5 Å². The van der Waals surface area contributed by atoms with Gasteiger partial charge >= 0.3 is 0 Å². The van der Waals surface area contributed by atoms with Crippen LogP contribution in [-0.2, 0) is 6.54 Å². The van der Waals surface area contributed by atoms with E-state index in [0.29, 0.717) is 0 Å². The third kappa shape index (κ3) is 6.42. The van der Waals surface area contributed by atoms with Gasteiger partial charge in [0.15, 0.2) is 0 Å². The highest BCUT2D eigenvalue weighted by atomic mass is 79.9. The fraction of sp³-hybridized carbons (Fsp3) is 0.538. The lowest BCUT2D eigenvalue weighted by atomic mass is 10.2. The van der Waals surface area contributed by atoms with Gasteiger partial charge in [0, 0.05) is 5.56 Å². The predicted octanol–water partition coefficient (Wildman–Crippen LogP) is 1.39. The maximum absolute atomic E-state index is 3.77. The second-order valence-corrected chi connectivity index (χ2v) is 13.9. The van der Waals surface area contributed by atoms with Gasteiger partial charge in [-0.15, -0.1) is 0 Å². The molecule has 0 bridgehead atoms. The zero-order valence-electron chi connectivity index (χ0n) is 11.4. The number of quaternary nitrogens is 1. The van der Waals surface area contributed by atoms with Crippen LogP contribution in [0.15, 0.2) is 29.2 Å². The number of hydrogen-bond donors (Lipinski definition) is 0. The minimum atomic E-state index is -0.774. The fourth-order valence-electron chi connectivity index (χ4n) is 1.72. The van der Waals surface area contributed by atoms with E-state index in [-0.39, 0.29) is 17.0 Å². The lowest BCUT2D eigenvalue weighted by Crippen LogP contribution is -3.00. The molecule has 0 N–H and O–H groups in total. The molecule has 0 aliphatic heterocycles.